The van der Waals surface area contributed by atoms with Crippen LogP contribution >= 0.6 is 0 Å². The number of quaternary nitrogens is 1. The fourth-order valence-electron chi connectivity index (χ4n) is 3.25. The number of likely N-dealkylation sites (N-methyl/N-ethyl adjacent to an activating group) is 1. The molecular formula is C19H27NO4. The third kappa shape index (κ3) is 5.27. The Labute approximate surface area is 143 Å². The van der Waals surface area contributed by atoms with Crippen molar-refractivity contribution >= 4 is 12.0 Å². The summed E-state index contributed by atoms with van der Waals surface area (Å²) < 4.78 is 11.3. The lowest BCUT2D eigenvalue weighted by Gasteiger charge is -2.28. The van der Waals surface area contributed by atoms with E-state index in [-0.39, 0.29) is 0 Å². The van der Waals surface area contributed by atoms with Crippen molar-refractivity contribution in [3.8, 4) is 11.5 Å². The largest absolute Gasteiger partial charge is 0.545 e. The van der Waals surface area contributed by atoms with Gasteiger partial charge in [0.05, 0.1) is 26.2 Å². The van der Waals surface area contributed by atoms with Gasteiger partial charge in [-0.2, -0.15) is 0 Å². The molecule has 1 aromatic carbocycles. The summed E-state index contributed by atoms with van der Waals surface area (Å²) in [5.74, 6) is -0.0509. The molecule has 1 aliphatic carbocycles. The number of carbonyl (C=O) groups excluding carboxylic acids is 1. The van der Waals surface area contributed by atoms with Gasteiger partial charge in [-0.05, 0) is 43.9 Å². The van der Waals surface area contributed by atoms with Gasteiger partial charge in [0.2, 0.25) is 0 Å². The van der Waals surface area contributed by atoms with E-state index in [2.05, 4.69) is 7.05 Å². The normalized spacial score (nSPS) is 16.9. The molecule has 1 saturated carbocycles. The quantitative estimate of drug-likeness (QED) is 0.711. The van der Waals surface area contributed by atoms with Gasteiger partial charge in [-0.25, -0.2) is 0 Å². The summed E-state index contributed by atoms with van der Waals surface area (Å²) in [5, 5.41) is 10.6. The van der Waals surface area contributed by atoms with Crippen molar-refractivity contribution in [3.63, 3.8) is 0 Å². The SMILES string of the molecule is COc1cccc(/C=C/C(=O)[O-])c1OCC[NH+](C)C1CCCCC1. The second kappa shape index (κ2) is 9.33. The first-order valence-electron chi connectivity index (χ1n) is 8.63. The molecule has 0 aliphatic heterocycles. The first-order chi connectivity index (χ1) is 11.6. The molecule has 0 heterocycles. The molecule has 2 rings (SSSR count). The number of carboxylic acid groups (broad SMARTS) is 1. The Bertz CT molecular complexity index is 564. The summed E-state index contributed by atoms with van der Waals surface area (Å²) in [4.78, 5) is 12.1. The molecule has 1 fully saturated rings. The maximum absolute atomic E-state index is 10.6. The van der Waals surface area contributed by atoms with Crippen molar-refractivity contribution in [2.45, 2.75) is 38.1 Å². The molecule has 0 saturated heterocycles. The van der Waals surface area contributed by atoms with Crippen LogP contribution in [0.4, 0.5) is 0 Å². The van der Waals surface area contributed by atoms with E-state index in [4.69, 9.17) is 9.47 Å². The number of carboxylic acids is 1. The van der Waals surface area contributed by atoms with Crippen LogP contribution in [0, 0.1) is 0 Å². The van der Waals surface area contributed by atoms with Crippen molar-refractivity contribution < 1.29 is 24.3 Å². The first kappa shape index (κ1) is 18.3. The van der Waals surface area contributed by atoms with Crippen LogP contribution in [0.15, 0.2) is 24.3 Å². The number of nitrogens with one attached hydrogen (secondary N) is 1. The van der Waals surface area contributed by atoms with Crippen LogP contribution in [0.3, 0.4) is 0 Å². The number of hydrogen-bond donors (Lipinski definition) is 1. The predicted molar refractivity (Wildman–Crippen MR) is 91.2 cm³/mol. The van der Waals surface area contributed by atoms with Gasteiger partial charge < -0.3 is 24.3 Å². The van der Waals surface area contributed by atoms with E-state index in [1.54, 1.807) is 19.2 Å². The molecule has 0 radical (unpaired) electrons. The Kier molecular flexibility index (Phi) is 7.12. The second-order valence-electron chi connectivity index (χ2n) is 6.31. The number of aliphatic carboxylic acids is 1. The lowest BCUT2D eigenvalue weighted by Crippen LogP contribution is -3.13. The molecule has 0 aromatic heterocycles. The number of hydrogen-bond acceptors (Lipinski definition) is 4. The van der Waals surface area contributed by atoms with Gasteiger partial charge in [0.15, 0.2) is 11.5 Å². The summed E-state index contributed by atoms with van der Waals surface area (Å²) in [7, 11) is 3.80. The summed E-state index contributed by atoms with van der Waals surface area (Å²) >= 11 is 0. The zero-order valence-electron chi connectivity index (χ0n) is 14.5. The van der Waals surface area contributed by atoms with E-state index in [0.717, 1.165) is 18.7 Å². The second-order valence-corrected chi connectivity index (χ2v) is 6.31. The Morgan fingerprint density at radius 2 is 2.08 bits per heavy atom. The van der Waals surface area contributed by atoms with Crippen LogP contribution < -0.4 is 19.5 Å². The number of methoxy groups -OCH3 is 1. The van der Waals surface area contributed by atoms with E-state index in [9.17, 15) is 9.90 Å². The highest BCUT2D eigenvalue weighted by Crippen LogP contribution is 2.31. The Morgan fingerprint density at radius 1 is 1.33 bits per heavy atom. The zero-order valence-corrected chi connectivity index (χ0v) is 14.5. The van der Waals surface area contributed by atoms with Crippen LogP contribution in [0.1, 0.15) is 37.7 Å². The van der Waals surface area contributed by atoms with Crippen LogP contribution in [-0.4, -0.2) is 39.3 Å². The summed E-state index contributed by atoms with van der Waals surface area (Å²) in [6.45, 7) is 1.47. The average Bonchev–Trinajstić information content (AvgIpc) is 2.61. The fourth-order valence-corrected chi connectivity index (χ4v) is 3.25. The van der Waals surface area contributed by atoms with Crippen molar-refractivity contribution in [2.24, 2.45) is 0 Å². The first-order valence-corrected chi connectivity index (χ1v) is 8.63. The molecule has 1 N–H and O–H groups in total. The molecular weight excluding hydrogens is 306 g/mol. The van der Waals surface area contributed by atoms with Crippen LogP contribution in [0.5, 0.6) is 11.5 Å². The van der Waals surface area contributed by atoms with Crippen LogP contribution in [-0.2, 0) is 4.79 Å². The molecule has 1 atom stereocenters. The lowest BCUT2D eigenvalue weighted by atomic mass is 9.94. The van der Waals surface area contributed by atoms with E-state index < -0.39 is 5.97 Å². The van der Waals surface area contributed by atoms with Crippen LogP contribution in [0.25, 0.3) is 6.08 Å². The Balaban J connectivity index is 1.98. The van der Waals surface area contributed by atoms with Crippen molar-refractivity contribution in [1.29, 1.82) is 0 Å². The maximum Gasteiger partial charge on any atom is 0.168 e. The molecule has 1 aliphatic rings. The molecule has 1 unspecified atom stereocenters. The van der Waals surface area contributed by atoms with Gasteiger partial charge in [0.1, 0.15) is 13.2 Å². The van der Waals surface area contributed by atoms with Crippen LogP contribution in [0.2, 0.25) is 0 Å². The van der Waals surface area contributed by atoms with Gasteiger partial charge in [-0.1, -0.05) is 18.6 Å². The lowest BCUT2D eigenvalue weighted by molar-refractivity contribution is -0.907. The third-order valence-corrected chi connectivity index (χ3v) is 4.67. The molecule has 0 spiro atoms. The number of benzene rings is 1. The molecule has 5 heteroatoms. The molecule has 132 valence electrons. The Morgan fingerprint density at radius 3 is 2.75 bits per heavy atom. The highest BCUT2D eigenvalue weighted by molar-refractivity contribution is 5.84. The van der Waals surface area contributed by atoms with Gasteiger partial charge in [-0.15, -0.1) is 0 Å². The molecule has 1 aromatic rings. The van der Waals surface area contributed by atoms with Gasteiger partial charge >= 0.3 is 0 Å². The molecule has 0 amide bonds. The fraction of sp³-hybridized carbons (Fsp3) is 0.526. The molecule has 0 bridgehead atoms. The highest BCUT2D eigenvalue weighted by atomic mass is 16.5. The van der Waals surface area contributed by atoms with E-state index in [0.29, 0.717) is 23.7 Å². The monoisotopic (exact) mass is 333 g/mol. The minimum absolute atomic E-state index is 0.564. The van der Waals surface area contributed by atoms with Crippen molar-refractivity contribution in [1.82, 2.24) is 0 Å². The van der Waals surface area contributed by atoms with Gasteiger partial charge in [-0.3, -0.25) is 0 Å². The Hall–Kier alpha value is -2.01. The predicted octanol–water partition coefficient (Wildman–Crippen LogP) is 0.685. The minimum Gasteiger partial charge on any atom is -0.545 e. The molecule has 5 nitrogen and oxygen atoms in total. The number of rotatable bonds is 8. The number of para-hydroxylation sites is 1. The number of carbonyl (C=O) groups is 1. The third-order valence-electron chi connectivity index (χ3n) is 4.67. The van der Waals surface area contributed by atoms with E-state index in [1.165, 1.54) is 43.1 Å². The van der Waals surface area contributed by atoms with Crippen molar-refractivity contribution in [3.05, 3.63) is 29.8 Å². The maximum atomic E-state index is 10.6. The summed E-state index contributed by atoms with van der Waals surface area (Å²) in [5.41, 5.74) is 0.675. The smallest absolute Gasteiger partial charge is 0.168 e. The van der Waals surface area contributed by atoms with Gasteiger partial charge in [0, 0.05) is 5.56 Å². The van der Waals surface area contributed by atoms with E-state index >= 15 is 0 Å². The molecule has 24 heavy (non-hydrogen) atoms. The zero-order chi connectivity index (χ0) is 17.4. The standard InChI is InChI=1S/C19H27NO4/c1-20(16-8-4-3-5-9-16)13-14-24-19-15(11-12-18(21)22)7-6-10-17(19)23-2/h6-7,10-12,16H,3-5,8-9,13-14H2,1-2H3,(H,21,22)/b12-11+. The number of ether oxygens (including phenoxy) is 2. The van der Waals surface area contributed by atoms with Crippen molar-refractivity contribution in [2.75, 3.05) is 27.3 Å². The summed E-state index contributed by atoms with van der Waals surface area (Å²) in [6, 6.07) is 6.14. The minimum atomic E-state index is -1.23. The topological polar surface area (TPSA) is 63.0 Å². The highest BCUT2D eigenvalue weighted by Gasteiger charge is 2.21. The van der Waals surface area contributed by atoms with Gasteiger partial charge in [0.25, 0.3) is 0 Å². The summed E-state index contributed by atoms with van der Waals surface area (Å²) in [6.07, 6.45) is 9.07. The average molecular weight is 333 g/mol. The van der Waals surface area contributed by atoms with E-state index in [1.807, 2.05) is 6.07 Å².